The number of nitrogens with one attached hydrogen (secondary N) is 1. The molecule has 3 aromatic rings. The van der Waals surface area contributed by atoms with Crippen LogP contribution in [0.1, 0.15) is 27.0 Å². The Kier molecular flexibility index (Phi) is 8.27. The van der Waals surface area contributed by atoms with E-state index in [0.29, 0.717) is 23.4 Å². The first kappa shape index (κ1) is 22.1. The van der Waals surface area contributed by atoms with Gasteiger partial charge in [0.15, 0.2) is 6.61 Å². The van der Waals surface area contributed by atoms with Crippen molar-refractivity contribution in [2.24, 2.45) is 0 Å². The summed E-state index contributed by atoms with van der Waals surface area (Å²) in [5.74, 6) is -0.205. The number of ether oxygens (including phenoxy) is 1. The van der Waals surface area contributed by atoms with Gasteiger partial charge in [0.25, 0.3) is 5.91 Å². The molecule has 31 heavy (non-hydrogen) atoms. The van der Waals surface area contributed by atoms with Gasteiger partial charge < -0.3 is 10.1 Å². The summed E-state index contributed by atoms with van der Waals surface area (Å²) in [5, 5.41) is 11.7. The standard InChI is InChI=1S/C25H22N2O3S/c26-16-20-10-12-21(13-11-20)18-31-23-9-5-4-8-22(23)25(29)30-17-24(28)27-15-14-19-6-2-1-3-7-19/h1-13H,14-15,17-18H2,(H,27,28). The van der Waals surface area contributed by atoms with Crippen molar-refractivity contribution in [2.45, 2.75) is 17.1 Å². The molecule has 0 radical (unpaired) electrons. The summed E-state index contributed by atoms with van der Waals surface area (Å²) < 4.78 is 5.22. The summed E-state index contributed by atoms with van der Waals surface area (Å²) in [5.41, 5.74) is 3.22. The first-order valence-electron chi connectivity index (χ1n) is 9.84. The molecule has 0 heterocycles. The van der Waals surface area contributed by atoms with Gasteiger partial charge in [-0.3, -0.25) is 4.79 Å². The molecule has 5 nitrogen and oxygen atoms in total. The second kappa shape index (κ2) is 11.6. The molecule has 3 rings (SSSR count). The Bertz CT molecular complexity index is 1060. The third kappa shape index (κ3) is 7.02. The van der Waals surface area contributed by atoms with Crippen LogP contribution < -0.4 is 5.32 Å². The highest BCUT2D eigenvalue weighted by molar-refractivity contribution is 7.98. The van der Waals surface area contributed by atoms with Gasteiger partial charge in [-0.1, -0.05) is 54.6 Å². The fourth-order valence-electron chi connectivity index (χ4n) is 2.85. The van der Waals surface area contributed by atoms with Gasteiger partial charge in [-0.15, -0.1) is 11.8 Å². The second-order valence-corrected chi connectivity index (χ2v) is 7.77. The van der Waals surface area contributed by atoms with Crippen molar-refractivity contribution in [3.8, 4) is 6.07 Å². The lowest BCUT2D eigenvalue weighted by Crippen LogP contribution is -2.30. The monoisotopic (exact) mass is 430 g/mol. The van der Waals surface area contributed by atoms with E-state index in [-0.39, 0.29) is 12.5 Å². The smallest absolute Gasteiger partial charge is 0.339 e. The molecule has 1 N–H and O–H groups in total. The maximum atomic E-state index is 12.5. The zero-order valence-corrected chi connectivity index (χ0v) is 17.7. The van der Waals surface area contributed by atoms with Gasteiger partial charge in [-0.05, 0) is 41.8 Å². The van der Waals surface area contributed by atoms with Crippen LogP contribution in [-0.4, -0.2) is 25.0 Å². The largest absolute Gasteiger partial charge is 0.452 e. The summed E-state index contributed by atoms with van der Waals surface area (Å²) in [6.45, 7) is 0.166. The number of hydrogen-bond acceptors (Lipinski definition) is 5. The van der Waals surface area contributed by atoms with Gasteiger partial charge in [0, 0.05) is 17.2 Å². The minimum absolute atomic E-state index is 0.317. The molecule has 3 aromatic carbocycles. The van der Waals surface area contributed by atoms with E-state index in [0.717, 1.165) is 22.4 Å². The third-order valence-electron chi connectivity index (χ3n) is 4.50. The van der Waals surface area contributed by atoms with E-state index < -0.39 is 5.97 Å². The Balaban J connectivity index is 1.48. The quantitative estimate of drug-likeness (QED) is 0.403. The van der Waals surface area contributed by atoms with E-state index in [1.807, 2.05) is 54.6 Å². The zero-order chi connectivity index (χ0) is 21.9. The molecule has 1 amide bonds. The number of carbonyl (C=O) groups excluding carboxylic acids is 2. The van der Waals surface area contributed by atoms with E-state index in [1.54, 1.807) is 24.3 Å². The van der Waals surface area contributed by atoms with Crippen molar-refractivity contribution in [3.05, 3.63) is 101 Å². The van der Waals surface area contributed by atoms with Crippen LogP contribution in [0, 0.1) is 11.3 Å². The van der Waals surface area contributed by atoms with Crippen molar-refractivity contribution < 1.29 is 14.3 Å². The molecule has 0 spiro atoms. The van der Waals surface area contributed by atoms with Crippen LogP contribution in [0.2, 0.25) is 0 Å². The number of thioether (sulfide) groups is 1. The lowest BCUT2D eigenvalue weighted by Gasteiger charge is -2.10. The first-order valence-corrected chi connectivity index (χ1v) is 10.8. The third-order valence-corrected chi connectivity index (χ3v) is 5.64. The van der Waals surface area contributed by atoms with Crippen molar-refractivity contribution in [3.63, 3.8) is 0 Å². The van der Waals surface area contributed by atoms with Gasteiger partial charge in [-0.2, -0.15) is 5.26 Å². The van der Waals surface area contributed by atoms with Crippen LogP contribution in [0.15, 0.2) is 83.8 Å². The summed E-state index contributed by atoms with van der Waals surface area (Å²) in [4.78, 5) is 25.3. The Morgan fingerprint density at radius 3 is 2.35 bits per heavy atom. The first-order chi connectivity index (χ1) is 15.2. The van der Waals surface area contributed by atoms with Gasteiger partial charge in [0.05, 0.1) is 17.2 Å². The summed E-state index contributed by atoms with van der Waals surface area (Å²) in [7, 11) is 0. The van der Waals surface area contributed by atoms with E-state index in [9.17, 15) is 9.59 Å². The molecule has 6 heteroatoms. The van der Waals surface area contributed by atoms with Crippen molar-refractivity contribution in [1.29, 1.82) is 5.26 Å². The minimum atomic E-state index is -0.527. The highest BCUT2D eigenvalue weighted by atomic mass is 32.2. The second-order valence-electron chi connectivity index (χ2n) is 6.76. The van der Waals surface area contributed by atoms with E-state index in [2.05, 4.69) is 11.4 Å². The molecule has 0 aliphatic heterocycles. The van der Waals surface area contributed by atoms with Gasteiger partial charge in [-0.25, -0.2) is 4.79 Å². The number of benzene rings is 3. The Morgan fingerprint density at radius 1 is 0.903 bits per heavy atom. The number of carbonyl (C=O) groups is 2. The van der Waals surface area contributed by atoms with Crippen LogP contribution in [0.3, 0.4) is 0 Å². The topological polar surface area (TPSA) is 79.2 Å². The molecule has 0 aliphatic rings. The molecule has 0 bridgehead atoms. The number of nitriles is 1. The molecule has 0 saturated heterocycles. The molecule has 156 valence electrons. The fraction of sp³-hybridized carbons (Fsp3) is 0.160. The molecule has 0 fully saturated rings. The maximum Gasteiger partial charge on any atom is 0.339 e. The summed E-state index contributed by atoms with van der Waals surface area (Å²) in [6.07, 6.45) is 0.718. The SMILES string of the molecule is N#Cc1ccc(CSc2ccccc2C(=O)OCC(=O)NCCc2ccccc2)cc1. The normalized spacial score (nSPS) is 10.2. The summed E-state index contributed by atoms with van der Waals surface area (Å²) >= 11 is 1.50. The fourth-order valence-corrected chi connectivity index (χ4v) is 3.84. The maximum absolute atomic E-state index is 12.5. The number of amides is 1. The number of nitrogens with zero attached hydrogens (tertiary/aromatic N) is 1. The van der Waals surface area contributed by atoms with Crippen LogP contribution in [0.25, 0.3) is 0 Å². The average molecular weight is 431 g/mol. The number of hydrogen-bond donors (Lipinski definition) is 1. The predicted octanol–water partition coefficient (Wildman–Crippen LogP) is 4.37. The lowest BCUT2D eigenvalue weighted by atomic mass is 10.1. The Morgan fingerprint density at radius 2 is 1.61 bits per heavy atom. The van der Waals surface area contributed by atoms with Crippen LogP contribution in [0.4, 0.5) is 0 Å². The Labute approximate surface area is 186 Å². The van der Waals surface area contributed by atoms with E-state index in [4.69, 9.17) is 10.00 Å². The van der Waals surface area contributed by atoms with Crippen LogP contribution in [0.5, 0.6) is 0 Å². The number of esters is 1. The molecule has 0 saturated carbocycles. The molecule has 0 aliphatic carbocycles. The highest BCUT2D eigenvalue weighted by Gasteiger charge is 2.14. The highest BCUT2D eigenvalue weighted by Crippen LogP contribution is 2.27. The number of rotatable bonds is 9. The lowest BCUT2D eigenvalue weighted by molar-refractivity contribution is -0.124. The molecule has 0 atom stereocenters. The van der Waals surface area contributed by atoms with E-state index in [1.165, 1.54) is 11.8 Å². The van der Waals surface area contributed by atoms with Crippen molar-refractivity contribution in [1.82, 2.24) is 5.32 Å². The predicted molar refractivity (Wildman–Crippen MR) is 121 cm³/mol. The van der Waals surface area contributed by atoms with Gasteiger partial charge in [0.2, 0.25) is 0 Å². The minimum Gasteiger partial charge on any atom is -0.452 e. The zero-order valence-electron chi connectivity index (χ0n) is 16.9. The van der Waals surface area contributed by atoms with Crippen LogP contribution in [-0.2, 0) is 21.7 Å². The van der Waals surface area contributed by atoms with Crippen molar-refractivity contribution in [2.75, 3.05) is 13.2 Å². The Hall–Kier alpha value is -3.56. The van der Waals surface area contributed by atoms with Gasteiger partial charge in [0.1, 0.15) is 0 Å². The van der Waals surface area contributed by atoms with E-state index >= 15 is 0 Å². The average Bonchev–Trinajstić information content (AvgIpc) is 2.82. The van der Waals surface area contributed by atoms with Crippen LogP contribution >= 0.6 is 11.8 Å². The molecular weight excluding hydrogens is 408 g/mol. The van der Waals surface area contributed by atoms with Crippen molar-refractivity contribution >= 4 is 23.6 Å². The summed E-state index contributed by atoms with van der Waals surface area (Å²) in [6, 6.07) is 26.4. The van der Waals surface area contributed by atoms with Gasteiger partial charge >= 0.3 is 5.97 Å². The molecule has 0 unspecified atom stereocenters. The molecular formula is C25H22N2O3S. The molecule has 0 aromatic heterocycles.